The van der Waals surface area contributed by atoms with Gasteiger partial charge in [0.05, 0.1) is 5.69 Å². The smallest absolute Gasteiger partial charge is 0.420 e. The second-order valence-corrected chi connectivity index (χ2v) is 7.89. The number of rotatable bonds is 8. The molecule has 1 atom stereocenters. The van der Waals surface area contributed by atoms with Crippen molar-refractivity contribution < 1.29 is 18.7 Å². The van der Waals surface area contributed by atoms with Gasteiger partial charge in [-0.05, 0) is 48.9 Å². The number of amides is 2. The zero-order valence-electron chi connectivity index (χ0n) is 20.1. The SMILES string of the molecule is C=CC(=O)Nc1cccc(N(C(=O)O[C@@H](C)c2ccc(F)cc2)c2ccnc(Nc3ccn(C)n3)n2)c1. The van der Waals surface area contributed by atoms with Crippen LogP contribution in [0, 0.1) is 5.82 Å². The zero-order chi connectivity index (χ0) is 26.4. The molecule has 0 aliphatic rings. The molecular weight excluding hydrogens is 477 g/mol. The minimum atomic E-state index is -0.744. The summed E-state index contributed by atoms with van der Waals surface area (Å²) in [7, 11) is 1.78. The largest absolute Gasteiger partial charge is 0.441 e. The van der Waals surface area contributed by atoms with Crippen molar-refractivity contribution in [3.63, 3.8) is 0 Å². The number of nitrogens with one attached hydrogen (secondary N) is 2. The Morgan fingerprint density at radius 2 is 1.95 bits per heavy atom. The third-order valence-electron chi connectivity index (χ3n) is 5.18. The molecule has 4 aromatic rings. The fraction of sp³-hybridized carbons (Fsp3) is 0.115. The summed E-state index contributed by atoms with van der Waals surface area (Å²) in [6.45, 7) is 5.13. The minimum absolute atomic E-state index is 0.205. The van der Waals surface area contributed by atoms with E-state index in [0.717, 1.165) is 6.08 Å². The van der Waals surface area contributed by atoms with E-state index < -0.39 is 23.9 Å². The molecule has 0 aliphatic heterocycles. The van der Waals surface area contributed by atoms with Gasteiger partial charge in [0.15, 0.2) is 5.82 Å². The molecule has 0 fully saturated rings. The van der Waals surface area contributed by atoms with Crippen molar-refractivity contribution in [3.05, 3.63) is 97.1 Å². The average molecular weight is 502 g/mol. The van der Waals surface area contributed by atoms with Crippen LogP contribution in [-0.2, 0) is 16.6 Å². The van der Waals surface area contributed by atoms with Gasteiger partial charge >= 0.3 is 6.09 Å². The number of aromatic nitrogens is 4. The Kier molecular flexibility index (Phi) is 7.53. The Bertz CT molecular complexity index is 1420. The highest BCUT2D eigenvalue weighted by Gasteiger charge is 2.25. The molecule has 0 saturated heterocycles. The number of halogens is 1. The molecule has 2 aromatic carbocycles. The van der Waals surface area contributed by atoms with Crippen molar-refractivity contribution in [1.82, 2.24) is 19.7 Å². The monoisotopic (exact) mass is 501 g/mol. The Morgan fingerprint density at radius 1 is 1.16 bits per heavy atom. The lowest BCUT2D eigenvalue weighted by molar-refractivity contribution is -0.111. The van der Waals surface area contributed by atoms with Crippen molar-refractivity contribution in [3.8, 4) is 0 Å². The van der Waals surface area contributed by atoms with Crippen LogP contribution in [0.1, 0.15) is 18.6 Å². The summed E-state index contributed by atoms with van der Waals surface area (Å²) >= 11 is 0. The molecule has 0 bridgehead atoms. The minimum Gasteiger partial charge on any atom is -0.441 e. The molecule has 0 aliphatic carbocycles. The molecular formula is C26H24FN7O3. The third kappa shape index (κ3) is 6.34. The zero-order valence-corrected chi connectivity index (χ0v) is 20.1. The van der Waals surface area contributed by atoms with Gasteiger partial charge in [-0.2, -0.15) is 10.1 Å². The highest BCUT2D eigenvalue weighted by Crippen LogP contribution is 2.30. The molecule has 2 amide bonds. The molecule has 0 saturated carbocycles. The number of anilines is 5. The van der Waals surface area contributed by atoms with Crippen LogP contribution in [0.4, 0.5) is 38.1 Å². The van der Waals surface area contributed by atoms with Gasteiger partial charge in [-0.3, -0.25) is 9.48 Å². The molecule has 37 heavy (non-hydrogen) atoms. The van der Waals surface area contributed by atoms with E-state index in [4.69, 9.17) is 4.74 Å². The van der Waals surface area contributed by atoms with E-state index in [1.54, 1.807) is 73.4 Å². The van der Waals surface area contributed by atoms with Gasteiger partial charge in [0, 0.05) is 37.3 Å². The highest BCUT2D eigenvalue weighted by atomic mass is 19.1. The van der Waals surface area contributed by atoms with Gasteiger partial charge in [-0.1, -0.05) is 24.8 Å². The number of carbonyl (C=O) groups is 2. The Balaban J connectivity index is 1.68. The summed E-state index contributed by atoms with van der Waals surface area (Å²) in [5.74, 6) is 0.137. The van der Waals surface area contributed by atoms with Gasteiger partial charge in [-0.15, -0.1) is 0 Å². The number of aryl methyl sites for hydroxylation is 1. The first kappa shape index (κ1) is 25.0. The van der Waals surface area contributed by atoms with Gasteiger partial charge in [0.2, 0.25) is 11.9 Å². The number of benzene rings is 2. The van der Waals surface area contributed by atoms with Crippen LogP contribution in [0.25, 0.3) is 0 Å². The predicted octanol–water partition coefficient (Wildman–Crippen LogP) is 5.25. The fourth-order valence-electron chi connectivity index (χ4n) is 3.38. The van der Waals surface area contributed by atoms with Gasteiger partial charge in [0.1, 0.15) is 17.7 Å². The van der Waals surface area contributed by atoms with Crippen molar-refractivity contribution in [2.75, 3.05) is 15.5 Å². The van der Waals surface area contributed by atoms with Crippen molar-refractivity contribution in [2.24, 2.45) is 7.05 Å². The number of ether oxygens (including phenoxy) is 1. The van der Waals surface area contributed by atoms with Crippen molar-refractivity contribution in [1.29, 1.82) is 0 Å². The van der Waals surface area contributed by atoms with E-state index in [1.165, 1.54) is 23.2 Å². The van der Waals surface area contributed by atoms with Gasteiger partial charge < -0.3 is 15.4 Å². The van der Waals surface area contributed by atoms with Gasteiger partial charge in [-0.25, -0.2) is 19.1 Å². The van der Waals surface area contributed by atoms with Crippen molar-refractivity contribution in [2.45, 2.75) is 13.0 Å². The molecule has 11 heteroatoms. The van der Waals surface area contributed by atoms with Crippen LogP contribution < -0.4 is 15.5 Å². The number of nitrogens with zero attached hydrogens (tertiary/aromatic N) is 5. The molecule has 2 heterocycles. The molecule has 2 N–H and O–H groups in total. The third-order valence-corrected chi connectivity index (χ3v) is 5.18. The standard InChI is InChI=1S/C26H24FN7O3/c1-4-24(35)29-20-6-5-7-21(16-20)34(26(36)37-17(2)18-8-10-19(27)11-9-18)23-12-14-28-25(31-23)30-22-13-15-33(3)32-22/h4-17H,1H2,2-3H3,(H,29,35)(H,28,30,31,32)/t17-/m0/s1. The van der Waals surface area contributed by atoms with E-state index in [-0.39, 0.29) is 11.8 Å². The first-order valence-corrected chi connectivity index (χ1v) is 11.2. The lowest BCUT2D eigenvalue weighted by Gasteiger charge is -2.24. The molecule has 0 unspecified atom stereocenters. The lowest BCUT2D eigenvalue weighted by Crippen LogP contribution is -2.29. The summed E-state index contributed by atoms with van der Waals surface area (Å²) in [6.07, 6.45) is 2.96. The topological polar surface area (TPSA) is 114 Å². The van der Waals surface area contributed by atoms with Gasteiger partial charge in [0.25, 0.3) is 0 Å². The highest BCUT2D eigenvalue weighted by molar-refractivity contribution is 6.00. The number of carbonyl (C=O) groups excluding carboxylic acids is 2. The summed E-state index contributed by atoms with van der Waals surface area (Å²) in [5, 5.41) is 9.90. The molecule has 2 aromatic heterocycles. The van der Waals surface area contributed by atoms with E-state index in [2.05, 4.69) is 32.3 Å². The van der Waals surface area contributed by atoms with E-state index in [9.17, 15) is 14.0 Å². The summed E-state index contributed by atoms with van der Waals surface area (Å²) < 4.78 is 20.7. The molecule has 0 radical (unpaired) electrons. The maximum atomic E-state index is 13.5. The first-order chi connectivity index (χ1) is 17.8. The van der Waals surface area contributed by atoms with E-state index in [0.29, 0.717) is 22.8 Å². The second kappa shape index (κ2) is 11.1. The summed E-state index contributed by atoms with van der Waals surface area (Å²) in [6, 6.07) is 15.6. The fourth-order valence-corrected chi connectivity index (χ4v) is 3.38. The Morgan fingerprint density at radius 3 is 2.65 bits per heavy atom. The van der Waals surface area contributed by atoms with Crippen LogP contribution >= 0.6 is 0 Å². The molecule has 4 rings (SSSR count). The normalized spacial score (nSPS) is 11.3. The maximum absolute atomic E-state index is 13.5. The number of hydrogen-bond acceptors (Lipinski definition) is 7. The summed E-state index contributed by atoms with van der Waals surface area (Å²) in [5.41, 5.74) is 1.43. The Labute approximate surface area is 212 Å². The van der Waals surface area contributed by atoms with Crippen LogP contribution in [0.3, 0.4) is 0 Å². The quantitative estimate of drug-likeness (QED) is 0.317. The lowest BCUT2D eigenvalue weighted by atomic mass is 10.1. The number of hydrogen-bond donors (Lipinski definition) is 2. The predicted molar refractivity (Wildman–Crippen MR) is 137 cm³/mol. The molecule has 188 valence electrons. The molecule has 10 nitrogen and oxygen atoms in total. The summed E-state index contributed by atoms with van der Waals surface area (Å²) in [4.78, 5) is 35.2. The second-order valence-electron chi connectivity index (χ2n) is 7.89. The van der Waals surface area contributed by atoms with E-state index >= 15 is 0 Å². The maximum Gasteiger partial charge on any atom is 0.420 e. The average Bonchev–Trinajstić information content (AvgIpc) is 3.29. The van der Waals surface area contributed by atoms with Crippen molar-refractivity contribution >= 4 is 41.0 Å². The Hall–Kier alpha value is -5.06. The molecule has 0 spiro atoms. The van der Waals surface area contributed by atoms with Crippen LogP contribution in [0.15, 0.2) is 85.7 Å². The first-order valence-electron chi connectivity index (χ1n) is 11.2. The van der Waals surface area contributed by atoms with E-state index in [1.807, 2.05) is 0 Å². The van der Waals surface area contributed by atoms with Crippen LogP contribution in [0.2, 0.25) is 0 Å². The van der Waals surface area contributed by atoms with Crippen LogP contribution in [0.5, 0.6) is 0 Å². The van der Waals surface area contributed by atoms with Crippen LogP contribution in [-0.4, -0.2) is 31.7 Å².